The van der Waals surface area contributed by atoms with Gasteiger partial charge in [0.15, 0.2) is 0 Å². The van der Waals surface area contributed by atoms with E-state index in [0.29, 0.717) is 13.0 Å². The van der Waals surface area contributed by atoms with E-state index in [1.807, 2.05) is 47.2 Å². The molecule has 0 saturated carbocycles. The van der Waals surface area contributed by atoms with Crippen molar-refractivity contribution in [1.82, 2.24) is 15.2 Å². The second kappa shape index (κ2) is 11.0. The Morgan fingerprint density at radius 2 is 2.04 bits per heavy atom. The molecule has 1 aromatic rings. The fourth-order valence-corrected chi connectivity index (χ4v) is 3.66. The van der Waals surface area contributed by atoms with Crippen molar-refractivity contribution in [2.24, 2.45) is 5.92 Å². The Kier molecular flexibility index (Phi) is 9.70. The van der Waals surface area contributed by atoms with Crippen molar-refractivity contribution in [1.29, 1.82) is 0 Å². The maximum atomic E-state index is 12.6. The van der Waals surface area contributed by atoms with Crippen LogP contribution in [-0.4, -0.2) is 54.9 Å². The average molecular weight is 400 g/mol. The van der Waals surface area contributed by atoms with Gasteiger partial charge in [0.25, 0.3) is 0 Å². The molecule has 1 aromatic heterocycles. The van der Waals surface area contributed by atoms with Gasteiger partial charge in [0.2, 0.25) is 0 Å². The van der Waals surface area contributed by atoms with E-state index in [4.69, 9.17) is 9.47 Å². The van der Waals surface area contributed by atoms with Crippen LogP contribution in [0.3, 0.4) is 0 Å². The molecule has 0 spiro atoms. The van der Waals surface area contributed by atoms with E-state index in [1.165, 1.54) is 0 Å². The van der Waals surface area contributed by atoms with Crippen LogP contribution in [-0.2, 0) is 9.47 Å². The number of aromatic nitrogens is 1. The Hall–Kier alpha value is -1.18. The standard InChI is InChI=1S/C20H37N3O3S/c1-14(2)16(23(8)19(24)26-20(4,5)6)12-17(25-11-9-10-21-7)18-22-15(3)13-27-18/h13-14,16-17,21H,9-12H2,1-8H3/t16?,17-/m1/s1. The minimum absolute atomic E-state index is 0.00152. The van der Waals surface area contributed by atoms with Gasteiger partial charge in [-0.3, -0.25) is 0 Å². The van der Waals surface area contributed by atoms with Gasteiger partial charge < -0.3 is 19.7 Å². The number of amides is 1. The number of thiazole rings is 1. The number of hydrogen-bond donors (Lipinski definition) is 1. The first-order valence-corrected chi connectivity index (χ1v) is 10.6. The topological polar surface area (TPSA) is 63.7 Å². The van der Waals surface area contributed by atoms with Crippen LogP contribution in [0.1, 0.15) is 64.3 Å². The van der Waals surface area contributed by atoms with Crippen LogP contribution in [0.15, 0.2) is 5.38 Å². The molecule has 1 heterocycles. The molecule has 1 N–H and O–H groups in total. The lowest BCUT2D eigenvalue weighted by atomic mass is 9.96. The van der Waals surface area contributed by atoms with Crippen molar-refractivity contribution in [3.05, 3.63) is 16.1 Å². The highest BCUT2D eigenvalue weighted by Gasteiger charge is 2.31. The molecule has 0 aliphatic carbocycles. The number of ether oxygens (including phenoxy) is 2. The van der Waals surface area contributed by atoms with Crippen LogP contribution >= 0.6 is 11.3 Å². The van der Waals surface area contributed by atoms with Gasteiger partial charge in [-0.05, 0) is 53.6 Å². The average Bonchev–Trinajstić information content (AvgIpc) is 2.98. The third-order valence-electron chi connectivity index (χ3n) is 4.21. The molecule has 0 aliphatic heterocycles. The van der Waals surface area contributed by atoms with Gasteiger partial charge in [0.1, 0.15) is 16.7 Å². The van der Waals surface area contributed by atoms with Gasteiger partial charge in [0.05, 0.1) is 0 Å². The molecule has 0 aliphatic rings. The maximum absolute atomic E-state index is 12.6. The van der Waals surface area contributed by atoms with Crippen molar-refractivity contribution >= 4 is 17.4 Å². The lowest BCUT2D eigenvalue weighted by molar-refractivity contribution is -0.00376. The second-order valence-corrected chi connectivity index (χ2v) is 9.17. The van der Waals surface area contributed by atoms with Gasteiger partial charge >= 0.3 is 6.09 Å². The highest BCUT2D eigenvalue weighted by molar-refractivity contribution is 7.09. The molecule has 0 fully saturated rings. The molecular weight excluding hydrogens is 362 g/mol. The quantitative estimate of drug-likeness (QED) is 0.591. The normalized spacial score (nSPS) is 14.3. The Labute approximate surface area is 168 Å². The van der Waals surface area contributed by atoms with Gasteiger partial charge in [-0.1, -0.05) is 13.8 Å². The SMILES string of the molecule is CNCCCO[C@H](CC(C(C)C)N(C)C(=O)OC(C)(C)C)c1nc(C)cs1. The minimum atomic E-state index is -0.512. The molecule has 0 bridgehead atoms. The summed E-state index contributed by atoms with van der Waals surface area (Å²) in [5.41, 5.74) is 0.489. The molecule has 1 unspecified atom stereocenters. The highest BCUT2D eigenvalue weighted by Crippen LogP contribution is 2.30. The number of nitrogens with zero attached hydrogens (tertiary/aromatic N) is 2. The summed E-state index contributed by atoms with van der Waals surface area (Å²) in [7, 11) is 3.75. The zero-order chi connectivity index (χ0) is 20.6. The summed E-state index contributed by atoms with van der Waals surface area (Å²) in [4.78, 5) is 18.9. The first-order valence-electron chi connectivity index (χ1n) is 9.69. The number of nitrogens with one attached hydrogen (secondary N) is 1. The van der Waals surface area contributed by atoms with Crippen LogP contribution in [0, 0.1) is 12.8 Å². The minimum Gasteiger partial charge on any atom is -0.444 e. The second-order valence-electron chi connectivity index (χ2n) is 8.28. The molecule has 0 saturated heterocycles. The summed E-state index contributed by atoms with van der Waals surface area (Å²) in [6.45, 7) is 13.5. The Balaban J connectivity index is 2.90. The lowest BCUT2D eigenvalue weighted by Crippen LogP contribution is -2.44. The number of hydrogen-bond acceptors (Lipinski definition) is 6. The Morgan fingerprint density at radius 3 is 2.52 bits per heavy atom. The molecule has 1 rings (SSSR count). The van der Waals surface area contributed by atoms with Gasteiger partial charge in [0, 0.05) is 37.2 Å². The summed E-state index contributed by atoms with van der Waals surface area (Å²) >= 11 is 1.62. The Morgan fingerprint density at radius 1 is 1.37 bits per heavy atom. The van der Waals surface area contributed by atoms with E-state index in [9.17, 15) is 4.79 Å². The van der Waals surface area contributed by atoms with Crippen LogP contribution in [0.2, 0.25) is 0 Å². The third-order valence-corrected chi connectivity index (χ3v) is 5.26. The molecule has 0 aromatic carbocycles. The molecular formula is C20H37N3O3S. The van der Waals surface area contributed by atoms with E-state index in [1.54, 1.807) is 16.2 Å². The first kappa shape index (κ1) is 23.9. The van der Waals surface area contributed by atoms with E-state index in [2.05, 4.69) is 24.1 Å². The molecule has 1 amide bonds. The largest absolute Gasteiger partial charge is 0.444 e. The van der Waals surface area contributed by atoms with Gasteiger partial charge in [-0.2, -0.15) is 0 Å². The summed E-state index contributed by atoms with van der Waals surface area (Å²) in [6.07, 6.45) is 1.20. The van der Waals surface area contributed by atoms with Gasteiger partial charge in [-0.15, -0.1) is 11.3 Å². The van der Waals surface area contributed by atoms with E-state index in [-0.39, 0.29) is 24.2 Å². The summed E-state index contributed by atoms with van der Waals surface area (Å²) in [5, 5.41) is 6.15. The zero-order valence-electron chi connectivity index (χ0n) is 18.2. The molecule has 0 radical (unpaired) electrons. The fraction of sp³-hybridized carbons (Fsp3) is 0.800. The summed E-state index contributed by atoms with van der Waals surface area (Å²) < 4.78 is 11.7. The highest BCUT2D eigenvalue weighted by atomic mass is 32.1. The van der Waals surface area contributed by atoms with Crippen molar-refractivity contribution in [3.63, 3.8) is 0 Å². The van der Waals surface area contributed by atoms with Gasteiger partial charge in [-0.25, -0.2) is 9.78 Å². The van der Waals surface area contributed by atoms with Crippen LogP contribution in [0.4, 0.5) is 4.79 Å². The molecule has 27 heavy (non-hydrogen) atoms. The third kappa shape index (κ3) is 8.58. The predicted octanol–water partition coefficient (Wildman–Crippen LogP) is 4.40. The summed E-state index contributed by atoms with van der Waals surface area (Å²) in [5.74, 6) is 0.270. The number of rotatable bonds is 10. The summed E-state index contributed by atoms with van der Waals surface area (Å²) in [6, 6.07) is -0.00152. The molecule has 156 valence electrons. The zero-order valence-corrected chi connectivity index (χ0v) is 19.0. The predicted molar refractivity (Wildman–Crippen MR) is 111 cm³/mol. The molecule has 7 heteroatoms. The number of aryl methyl sites for hydroxylation is 1. The van der Waals surface area contributed by atoms with E-state index in [0.717, 1.165) is 23.7 Å². The molecule has 2 atom stereocenters. The van der Waals surface area contributed by atoms with Crippen molar-refractivity contribution in [3.8, 4) is 0 Å². The number of carbonyl (C=O) groups excluding carboxylic acids is 1. The van der Waals surface area contributed by atoms with E-state index < -0.39 is 5.60 Å². The monoisotopic (exact) mass is 399 g/mol. The fourth-order valence-electron chi connectivity index (χ4n) is 2.80. The van der Waals surface area contributed by atoms with Crippen molar-refractivity contribution in [2.45, 2.75) is 72.1 Å². The lowest BCUT2D eigenvalue weighted by Gasteiger charge is -2.34. The Bertz CT molecular complexity index is 569. The van der Waals surface area contributed by atoms with E-state index >= 15 is 0 Å². The maximum Gasteiger partial charge on any atom is 0.410 e. The number of carbonyl (C=O) groups is 1. The smallest absolute Gasteiger partial charge is 0.410 e. The first-order chi connectivity index (χ1) is 12.5. The van der Waals surface area contributed by atoms with Crippen LogP contribution in [0.5, 0.6) is 0 Å². The van der Waals surface area contributed by atoms with Crippen LogP contribution in [0.25, 0.3) is 0 Å². The van der Waals surface area contributed by atoms with Crippen molar-refractivity contribution < 1.29 is 14.3 Å². The van der Waals surface area contributed by atoms with Crippen molar-refractivity contribution in [2.75, 3.05) is 27.2 Å². The van der Waals surface area contributed by atoms with Crippen LogP contribution < -0.4 is 5.32 Å². The molecule has 6 nitrogen and oxygen atoms in total.